The van der Waals surface area contributed by atoms with Gasteiger partial charge in [-0.25, -0.2) is 4.79 Å². The average molecular weight is 328 g/mol. The van der Waals surface area contributed by atoms with E-state index in [-0.39, 0.29) is 24.1 Å². The van der Waals surface area contributed by atoms with Crippen LogP contribution in [0.1, 0.15) is 20.8 Å². The zero-order valence-corrected chi connectivity index (χ0v) is 14.1. The number of hydrogen-bond donors (Lipinski definition) is 3. The molecule has 0 aromatic rings. The van der Waals surface area contributed by atoms with Gasteiger partial charge in [-0.3, -0.25) is 9.69 Å². The summed E-state index contributed by atoms with van der Waals surface area (Å²) in [5, 5.41) is 15.8. The van der Waals surface area contributed by atoms with Gasteiger partial charge in [0.1, 0.15) is 6.10 Å². The zero-order valence-electron chi connectivity index (χ0n) is 14.1. The van der Waals surface area contributed by atoms with Crippen LogP contribution in [0.3, 0.4) is 0 Å². The summed E-state index contributed by atoms with van der Waals surface area (Å²) in [4.78, 5) is 27.0. The molecule has 2 heterocycles. The van der Waals surface area contributed by atoms with Crippen LogP contribution < -0.4 is 10.6 Å². The second-order valence-electron chi connectivity index (χ2n) is 6.55. The number of carbonyl (C=O) groups excluding carboxylic acids is 2. The third-order valence-corrected chi connectivity index (χ3v) is 4.28. The van der Waals surface area contributed by atoms with Crippen molar-refractivity contribution in [2.24, 2.45) is 0 Å². The second-order valence-corrected chi connectivity index (χ2v) is 6.55. The Bertz CT molecular complexity index is 424. The Morgan fingerprint density at radius 2 is 1.91 bits per heavy atom. The SMILES string of the molecule is CC(=O)N1CCN(C[C@@H]2OC[C@H](NC(=O)NC(C)C)[C@H]2O)CC1. The summed E-state index contributed by atoms with van der Waals surface area (Å²) in [5.74, 6) is 0.0993. The number of aliphatic hydroxyl groups is 1. The van der Waals surface area contributed by atoms with Gasteiger partial charge in [-0.1, -0.05) is 0 Å². The summed E-state index contributed by atoms with van der Waals surface area (Å²) in [6.45, 7) is 9.22. The summed E-state index contributed by atoms with van der Waals surface area (Å²) in [6.07, 6.45) is -1.04. The fourth-order valence-electron chi connectivity index (χ4n) is 2.94. The molecule has 3 amide bonds. The number of ether oxygens (including phenoxy) is 1. The zero-order chi connectivity index (χ0) is 17.0. The topological polar surface area (TPSA) is 94.1 Å². The third kappa shape index (κ3) is 5.05. The highest BCUT2D eigenvalue weighted by atomic mass is 16.5. The van der Waals surface area contributed by atoms with Crippen molar-refractivity contribution in [2.45, 2.75) is 45.1 Å². The van der Waals surface area contributed by atoms with E-state index in [1.807, 2.05) is 18.7 Å². The van der Waals surface area contributed by atoms with E-state index in [0.717, 1.165) is 13.1 Å². The lowest BCUT2D eigenvalue weighted by Gasteiger charge is -2.35. The number of hydrogen-bond acceptors (Lipinski definition) is 5. The maximum atomic E-state index is 11.7. The van der Waals surface area contributed by atoms with Crippen LogP contribution in [0.5, 0.6) is 0 Å². The Morgan fingerprint density at radius 3 is 2.48 bits per heavy atom. The van der Waals surface area contributed by atoms with Crippen molar-refractivity contribution in [2.75, 3.05) is 39.3 Å². The molecular formula is C15H28N4O4. The monoisotopic (exact) mass is 328 g/mol. The first-order valence-corrected chi connectivity index (χ1v) is 8.21. The molecule has 3 atom stereocenters. The first-order valence-electron chi connectivity index (χ1n) is 8.21. The van der Waals surface area contributed by atoms with E-state index >= 15 is 0 Å². The number of nitrogens with zero attached hydrogens (tertiary/aromatic N) is 2. The molecule has 8 nitrogen and oxygen atoms in total. The Labute approximate surface area is 137 Å². The fraction of sp³-hybridized carbons (Fsp3) is 0.867. The lowest BCUT2D eigenvalue weighted by Crippen LogP contribution is -2.53. The van der Waals surface area contributed by atoms with Gasteiger partial charge in [-0.15, -0.1) is 0 Å². The van der Waals surface area contributed by atoms with Gasteiger partial charge in [-0.05, 0) is 13.8 Å². The lowest BCUT2D eigenvalue weighted by molar-refractivity contribution is -0.130. The minimum Gasteiger partial charge on any atom is -0.388 e. The lowest BCUT2D eigenvalue weighted by atomic mass is 10.1. The number of aliphatic hydroxyl groups excluding tert-OH is 1. The Morgan fingerprint density at radius 1 is 1.26 bits per heavy atom. The number of amides is 3. The van der Waals surface area contributed by atoms with Crippen LogP contribution in [0.15, 0.2) is 0 Å². The van der Waals surface area contributed by atoms with Crippen molar-refractivity contribution in [3.05, 3.63) is 0 Å². The van der Waals surface area contributed by atoms with E-state index in [1.165, 1.54) is 0 Å². The van der Waals surface area contributed by atoms with Crippen LogP contribution >= 0.6 is 0 Å². The molecule has 2 saturated heterocycles. The van der Waals surface area contributed by atoms with Crippen LogP contribution in [-0.2, 0) is 9.53 Å². The predicted molar refractivity (Wildman–Crippen MR) is 85.0 cm³/mol. The number of rotatable bonds is 4. The second kappa shape index (κ2) is 7.94. The molecule has 3 N–H and O–H groups in total. The smallest absolute Gasteiger partial charge is 0.315 e. The van der Waals surface area contributed by atoms with Crippen LogP contribution in [0.2, 0.25) is 0 Å². The highest BCUT2D eigenvalue weighted by Crippen LogP contribution is 2.16. The molecule has 2 rings (SSSR count). The molecule has 8 heteroatoms. The highest BCUT2D eigenvalue weighted by molar-refractivity contribution is 5.74. The number of urea groups is 1. The van der Waals surface area contributed by atoms with E-state index in [1.54, 1.807) is 6.92 Å². The van der Waals surface area contributed by atoms with Gasteiger partial charge in [-0.2, -0.15) is 0 Å². The van der Waals surface area contributed by atoms with Crippen molar-refractivity contribution in [1.82, 2.24) is 20.4 Å². The van der Waals surface area contributed by atoms with Crippen molar-refractivity contribution < 1.29 is 19.4 Å². The molecule has 23 heavy (non-hydrogen) atoms. The van der Waals surface area contributed by atoms with Crippen LogP contribution in [0.4, 0.5) is 4.79 Å². The molecular weight excluding hydrogens is 300 g/mol. The number of piperazine rings is 1. The first-order chi connectivity index (χ1) is 10.9. The number of carbonyl (C=O) groups is 2. The molecule has 0 spiro atoms. The molecule has 2 aliphatic rings. The molecule has 0 aliphatic carbocycles. The van der Waals surface area contributed by atoms with E-state index in [0.29, 0.717) is 26.2 Å². The highest BCUT2D eigenvalue weighted by Gasteiger charge is 2.38. The molecule has 2 fully saturated rings. The molecule has 132 valence electrons. The Kier molecular flexibility index (Phi) is 6.20. The van der Waals surface area contributed by atoms with Crippen molar-refractivity contribution >= 4 is 11.9 Å². The van der Waals surface area contributed by atoms with Gasteiger partial charge < -0.3 is 25.4 Å². The summed E-state index contributed by atoms with van der Waals surface area (Å²) in [7, 11) is 0. The maximum absolute atomic E-state index is 11.7. The fourth-order valence-corrected chi connectivity index (χ4v) is 2.94. The number of nitrogens with one attached hydrogen (secondary N) is 2. The van der Waals surface area contributed by atoms with Gasteiger partial charge >= 0.3 is 6.03 Å². The minimum absolute atomic E-state index is 0.0443. The van der Waals surface area contributed by atoms with Crippen molar-refractivity contribution in [1.29, 1.82) is 0 Å². The molecule has 0 bridgehead atoms. The quantitative estimate of drug-likeness (QED) is 0.615. The largest absolute Gasteiger partial charge is 0.388 e. The van der Waals surface area contributed by atoms with Crippen molar-refractivity contribution in [3.63, 3.8) is 0 Å². The average Bonchev–Trinajstić information content (AvgIpc) is 2.80. The summed E-state index contributed by atoms with van der Waals surface area (Å²) >= 11 is 0. The van der Waals surface area contributed by atoms with Gasteiger partial charge in [0, 0.05) is 45.7 Å². The van der Waals surface area contributed by atoms with Gasteiger partial charge in [0.15, 0.2) is 0 Å². The van der Waals surface area contributed by atoms with E-state index in [2.05, 4.69) is 15.5 Å². The Hall–Kier alpha value is -1.38. The first kappa shape index (κ1) is 18.0. The van der Waals surface area contributed by atoms with Crippen LogP contribution in [0.25, 0.3) is 0 Å². The Balaban J connectivity index is 1.75. The third-order valence-electron chi connectivity index (χ3n) is 4.28. The molecule has 0 aromatic heterocycles. The minimum atomic E-state index is -0.723. The molecule has 0 unspecified atom stereocenters. The normalized spacial score (nSPS) is 28.9. The summed E-state index contributed by atoms with van der Waals surface area (Å²) < 4.78 is 5.65. The molecule has 0 radical (unpaired) electrons. The molecule has 0 aromatic carbocycles. The van der Waals surface area contributed by atoms with Gasteiger partial charge in [0.25, 0.3) is 0 Å². The van der Waals surface area contributed by atoms with E-state index in [9.17, 15) is 14.7 Å². The van der Waals surface area contributed by atoms with Gasteiger partial charge in [0.2, 0.25) is 5.91 Å². The molecule has 0 saturated carbocycles. The standard InChI is InChI=1S/C15H28N4O4/c1-10(2)16-15(22)17-12-9-23-13(14(12)21)8-18-4-6-19(7-5-18)11(3)20/h10,12-14,21H,4-9H2,1-3H3,(H2,16,17,22)/t12-,13-,14+/m0/s1. The predicted octanol–water partition coefficient (Wildman–Crippen LogP) is -1.01. The summed E-state index contributed by atoms with van der Waals surface area (Å²) in [6, 6.07) is -0.636. The van der Waals surface area contributed by atoms with Gasteiger partial charge in [0.05, 0.1) is 18.8 Å². The molecule has 2 aliphatic heterocycles. The van der Waals surface area contributed by atoms with Crippen molar-refractivity contribution in [3.8, 4) is 0 Å². The summed E-state index contributed by atoms with van der Waals surface area (Å²) in [5.41, 5.74) is 0. The van der Waals surface area contributed by atoms with E-state index in [4.69, 9.17) is 4.74 Å². The maximum Gasteiger partial charge on any atom is 0.315 e. The van der Waals surface area contributed by atoms with E-state index < -0.39 is 12.1 Å². The van der Waals surface area contributed by atoms with Crippen LogP contribution in [-0.4, -0.2) is 90.5 Å². The van der Waals surface area contributed by atoms with Crippen LogP contribution in [0, 0.1) is 0 Å².